The van der Waals surface area contributed by atoms with Crippen LogP contribution in [0, 0.1) is 4.91 Å². The number of aromatic amines is 1. The molecule has 0 saturated heterocycles. The van der Waals surface area contributed by atoms with Crippen molar-refractivity contribution in [2.75, 3.05) is 0 Å². The van der Waals surface area contributed by atoms with E-state index in [4.69, 9.17) is 0 Å². The summed E-state index contributed by atoms with van der Waals surface area (Å²) in [5.41, 5.74) is 2.31. The molecule has 1 heterocycles. The van der Waals surface area contributed by atoms with Crippen molar-refractivity contribution in [3.63, 3.8) is 0 Å². The molecule has 13 heavy (non-hydrogen) atoms. The van der Waals surface area contributed by atoms with Gasteiger partial charge < -0.3 is 0 Å². The number of nitrogens with zero attached hydrogens (tertiary/aromatic N) is 2. The van der Waals surface area contributed by atoms with Crippen LogP contribution in [0.3, 0.4) is 0 Å². The molecule has 0 unspecified atom stereocenters. The number of nitroso groups, excluding NO2 is 1. The van der Waals surface area contributed by atoms with Crippen LogP contribution < -0.4 is 0 Å². The van der Waals surface area contributed by atoms with Crippen molar-refractivity contribution in [2.24, 2.45) is 5.18 Å². The molecule has 64 valence electrons. The van der Waals surface area contributed by atoms with E-state index >= 15 is 0 Å². The molecule has 0 radical (unpaired) electrons. The Bertz CT molecular complexity index is 409. The van der Waals surface area contributed by atoms with Gasteiger partial charge in [-0.1, -0.05) is 12.1 Å². The molecule has 0 aliphatic heterocycles. The first kappa shape index (κ1) is 7.67. The largest absolute Gasteiger partial charge is 0.285 e. The van der Waals surface area contributed by atoms with Crippen LogP contribution in [0.2, 0.25) is 0 Å². The summed E-state index contributed by atoms with van der Waals surface area (Å²) < 4.78 is 0. The van der Waals surface area contributed by atoms with Crippen LogP contribution in [0.25, 0.3) is 11.1 Å². The first-order valence-corrected chi connectivity index (χ1v) is 3.83. The second-order valence-electron chi connectivity index (χ2n) is 2.63. The Morgan fingerprint density at radius 2 is 2.23 bits per heavy atom. The van der Waals surface area contributed by atoms with Gasteiger partial charge in [0, 0.05) is 11.8 Å². The predicted molar refractivity (Wildman–Crippen MR) is 49.5 cm³/mol. The zero-order valence-electron chi connectivity index (χ0n) is 6.77. The SMILES string of the molecule is O=Nc1cccc(-c2cn[nH]c2)c1. The van der Waals surface area contributed by atoms with Crippen LogP contribution >= 0.6 is 0 Å². The number of aromatic nitrogens is 2. The van der Waals surface area contributed by atoms with Crippen LogP contribution in [-0.4, -0.2) is 10.2 Å². The van der Waals surface area contributed by atoms with E-state index in [9.17, 15) is 4.91 Å². The predicted octanol–water partition coefficient (Wildman–Crippen LogP) is 2.47. The monoisotopic (exact) mass is 173 g/mol. The van der Waals surface area contributed by atoms with E-state index in [1.165, 1.54) is 0 Å². The smallest absolute Gasteiger partial charge is 0.108 e. The number of H-pyrrole nitrogens is 1. The number of benzene rings is 1. The third-order valence-corrected chi connectivity index (χ3v) is 1.78. The molecule has 0 amide bonds. The summed E-state index contributed by atoms with van der Waals surface area (Å²) in [6, 6.07) is 7.08. The van der Waals surface area contributed by atoms with Crippen LogP contribution in [0.4, 0.5) is 5.69 Å². The third kappa shape index (κ3) is 1.46. The molecule has 0 atom stereocenters. The van der Waals surface area contributed by atoms with E-state index in [2.05, 4.69) is 15.4 Å². The molecule has 0 fully saturated rings. The Morgan fingerprint density at radius 1 is 1.31 bits per heavy atom. The summed E-state index contributed by atoms with van der Waals surface area (Å²) in [7, 11) is 0. The lowest BCUT2D eigenvalue weighted by Crippen LogP contribution is -1.72. The van der Waals surface area contributed by atoms with Gasteiger partial charge >= 0.3 is 0 Å². The zero-order chi connectivity index (χ0) is 9.10. The summed E-state index contributed by atoms with van der Waals surface area (Å²) in [4.78, 5) is 10.3. The van der Waals surface area contributed by atoms with Crippen molar-refractivity contribution in [1.29, 1.82) is 0 Å². The fourth-order valence-corrected chi connectivity index (χ4v) is 1.15. The van der Waals surface area contributed by atoms with Gasteiger partial charge in [-0.25, -0.2) is 0 Å². The van der Waals surface area contributed by atoms with Gasteiger partial charge in [-0.3, -0.25) is 5.10 Å². The highest BCUT2D eigenvalue weighted by Gasteiger charge is 1.99. The summed E-state index contributed by atoms with van der Waals surface area (Å²) >= 11 is 0. The molecule has 0 aliphatic rings. The van der Waals surface area contributed by atoms with Crippen molar-refractivity contribution in [3.8, 4) is 11.1 Å². The highest BCUT2D eigenvalue weighted by atomic mass is 16.3. The van der Waals surface area contributed by atoms with Gasteiger partial charge in [-0.2, -0.15) is 5.10 Å². The van der Waals surface area contributed by atoms with Gasteiger partial charge in [0.2, 0.25) is 0 Å². The highest BCUT2D eigenvalue weighted by molar-refractivity contribution is 5.65. The molecule has 0 spiro atoms. The minimum atomic E-state index is 0.429. The second kappa shape index (κ2) is 3.18. The average molecular weight is 173 g/mol. The van der Waals surface area contributed by atoms with Crippen molar-refractivity contribution in [3.05, 3.63) is 41.6 Å². The minimum absolute atomic E-state index is 0.429. The molecule has 1 aromatic carbocycles. The lowest BCUT2D eigenvalue weighted by atomic mass is 10.1. The Labute approximate surface area is 74.6 Å². The van der Waals surface area contributed by atoms with E-state index in [0.717, 1.165) is 11.1 Å². The molecule has 0 saturated carbocycles. The van der Waals surface area contributed by atoms with Gasteiger partial charge in [0.15, 0.2) is 0 Å². The molecule has 1 aromatic heterocycles. The van der Waals surface area contributed by atoms with Gasteiger partial charge in [0.05, 0.1) is 6.20 Å². The number of rotatable bonds is 2. The molecule has 0 aliphatic carbocycles. The van der Waals surface area contributed by atoms with Crippen molar-refractivity contribution < 1.29 is 0 Å². The molecular weight excluding hydrogens is 166 g/mol. The third-order valence-electron chi connectivity index (χ3n) is 1.78. The maximum absolute atomic E-state index is 10.3. The molecule has 4 heteroatoms. The van der Waals surface area contributed by atoms with Gasteiger partial charge in [0.1, 0.15) is 5.69 Å². The molecule has 4 nitrogen and oxygen atoms in total. The fraction of sp³-hybridized carbons (Fsp3) is 0. The highest BCUT2D eigenvalue weighted by Crippen LogP contribution is 2.22. The Morgan fingerprint density at radius 3 is 2.92 bits per heavy atom. The Hall–Kier alpha value is -1.97. The first-order valence-electron chi connectivity index (χ1n) is 3.83. The van der Waals surface area contributed by atoms with Crippen molar-refractivity contribution >= 4 is 5.69 Å². The topological polar surface area (TPSA) is 58.1 Å². The van der Waals surface area contributed by atoms with Crippen molar-refractivity contribution in [2.45, 2.75) is 0 Å². The molecule has 2 aromatic rings. The summed E-state index contributed by atoms with van der Waals surface area (Å²) in [5.74, 6) is 0. The summed E-state index contributed by atoms with van der Waals surface area (Å²) in [5, 5.41) is 9.39. The van der Waals surface area contributed by atoms with E-state index in [1.807, 2.05) is 6.07 Å². The molecular formula is C9H7N3O. The van der Waals surface area contributed by atoms with Gasteiger partial charge in [-0.15, -0.1) is 4.91 Å². The van der Waals surface area contributed by atoms with Crippen LogP contribution in [-0.2, 0) is 0 Å². The van der Waals surface area contributed by atoms with Crippen molar-refractivity contribution in [1.82, 2.24) is 10.2 Å². The first-order chi connectivity index (χ1) is 6.40. The number of hydrogen-bond acceptors (Lipinski definition) is 3. The molecule has 1 N–H and O–H groups in total. The molecule has 0 bridgehead atoms. The Balaban J connectivity index is 2.47. The minimum Gasteiger partial charge on any atom is -0.285 e. The summed E-state index contributed by atoms with van der Waals surface area (Å²) in [6.45, 7) is 0. The van der Waals surface area contributed by atoms with Crippen LogP contribution in [0.15, 0.2) is 41.8 Å². The molecule has 2 rings (SSSR count). The quantitative estimate of drug-likeness (QED) is 0.709. The van der Waals surface area contributed by atoms with Gasteiger partial charge in [-0.05, 0) is 22.9 Å². The van der Waals surface area contributed by atoms with Crippen LogP contribution in [0.1, 0.15) is 0 Å². The second-order valence-corrected chi connectivity index (χ2v) is 2.63. The lowest BCUT2D eigenvalue weighted by molar-refractivity contribution is 1.09. The zero-order valence-corrected chi connectivity index (χ0v) is 6.77. The Kier molecular flexibility index (Phi) is 1.88. The van der Waals surface area contributed by atoms with E-state index in [0.29, 0.717) is 5.69 Å². The van der Waals surface area contributed by atoms with E-state index in [1.54, 1.807) is 30.6 Å². The van der Waals surface area contributed by atoms with E-state index < -0.39 is 0 Å². The lowest BCUT2D eigenvalue weighted by Gasteiger charge is -1.95. The maximum atomic E-state index is 10.3. The maximum Gasteiger partial charge on any atom is 0.108 e. The van der Waals surface area contributed by atoms with E-state index in [-0.39, 0.29) is 0 Å². The summed E-state index contributed by atoms with van der Waals surface area (Å²) in [6.07, 6.45) is 3.47. The van der Waals surface area contributed by atoms with Crippen LogP contribution in [0.5, 0.6) is 0 Å². The number of hydrogen-bond donors (Lipinski definition) is 1. The normalized spacial score (nSPS) is 9.85. The number of nitrogens with one attached hydrogen (secondary N) is 1. The standard InChI is InChI=1S/C9H7N3O/c13-12-9-3-1-2-7(4-9)8-5-10-11-6-8/h1-6H,(H,10,11). The van der Waals surface area contributed by atoms with Gasteiger partial charge in [0.25, 0.3) is 0 Å². The average Bonchev–Trinajstić information content (AvgIpc) is 2.71. The fourth-order valence-electron chi connectivity index (χ4n) is 1.15.